The van der Waals surface area contributed by atoms with Gasteiger partial charge < -0.3 is 19.9 Å². The number of benzene rings is 2. The fourth-order valence-corrected chi connectivity index (χ4v) is 4.79. The number of carbonyl (C=O) groups is 1. The summed E-state index contributed by atoms with van der Waals surface area (Å²) in [5.41, 5.74) is 3.93. The van der Waals surface area contributed by atoms with Gasteiger partial charge >= 0.3 is 5.97 Å². The molecule has 0 radical (unpaired) electrons. The number of esters is 1. The lowest BCUT2D eigenvalue weighted by atomic mass is 9.96. The second kappa shape index (κ2) is 12.9. The Hall–Kier alpha value is -2.02. The Morgan fingerprint density at radius 3 is 2.75 bits per heavy atom. The minimum atomic E-state index is -0.326. The van der Waals surface area contributed by atoms with Crippen molar-refractivity contribution in [3.8, 4) is 16.9 Å². The summed E-state index contributed by atoms with van der Waals surface area (Å²) in [5.74, 6) is 2.53. The number of aliphatic hydroxyl groups excluding tert-OH is 1. The average molecular weight is 458 g/mol. The quantitative estimate of drug-likeness (QED) is 0.355. The van der Waals surface area contributed by atoms with Crippen molar-refractivity contribution in [2.75, 3.05) is 31.7 Å². The van der Waals surface area contributed by atoms with Gasteiger partial charge in [0.2, 0.25) is 0 Å². The predicted octanol–water partition coefficient (Wildman–Crippen LogP) is 4.71. The van der Waals surface area contributed by atoms with Gasteiger partial charge in [0.1, 0.15) is 11.9 Å². The van der Waals surface area contributed by atoms with E-state index in [9.17, 15) is 9.90 Å². The third-order valence-electron chi connectivity index (χ3n) is 5.68. The highest BCUT2D eigenvalue weighted by Crippen LogP contribution is 2.32. The summed E-state index contributed by atoms with van der Waals surface area (Å²) < 4.78 is 10.9. The first kappa shape index (κ1) is 24.6. The summed E-state index contributed by atoms with van der Waals surface area (Å²) in [4.78, 5) is 11.6. The van der Waals surface area contributed by atoms with E-state index in [2.05, 4.69) is 24.4 Å². The number of hydrogen-bond donors (Lipinski definition) is 2. The molecule has 0 aliphatic carbocycles. The van der Waals surface area contributed by atoms with Crippen molar-refractivity contribution in [1.82, 2.24) is 5.32 Å². The monoisotopic (exact) mass is 457 g/mol. The normalized spacial score (nSPS) is 16.2. The van der Waals surface area contributed by atoms with Crippen molar-refractivity contribution in [1.29, 1.82) is 0 Å². The topological polar surface area (TPSA) is 67.8 Å². The maximum absolute atomic E-state index is 11.6. The number of fused-ring (bicyclic) bond motifs is 1. The average Bonchev–Trinajstić information content (AvgIpc) is 2.83. The van der Waals surface area contributed by atoms with E-state index >= 15 is 0 Å². The lowest BCUT2D eigenvalue weighted by molar-refractivity contribution is 0.0600. The lowest BCUT2D eigenvalue weighted by Crippen LogP contribution is -2.38. The highest BCUT2D eigenvalue weighted by Gasteiger charge is 2.20. The number of aryl methyl sites for hydroxylation is 1. The second-order valence-electron chi connectivity index (χ2n) is 8.26. The molecule has 2 N–H and O–H groups in total. The summed E-state index contributed by atoms with van der Waals surface area (Å²) in [6, 6.07) is 13.7. The van der Waals surface area contributed by atoms with E-state index in [1.807, 2.05) is 30.0 Å². The van der Waals surface area contributed by atoms with E-state index in [1.54, 1.807) is 12.1 Å². The third-order valence-corrected chi connectivity index (χ3v) is 6.88. The van der Waals surface area contributed by atoms with Crippen molar-refractivity contribution in [2.45, 2.75) is 51.2 Å². The van der Waals surface area contributed by atoms with Crippen LogP contribution < -0.4 is 10.1 Å². The molecule has 2 unspecified atom stereocenters. The first-order valence-electron chi connectivity index (χ1n) is 11.6. The maximum Gasteiger partial charge on any atom is 0.337 e. The van der Waals surface area contributed by atoms with Crippen molar-refractivity contribution >= 4 is 17.7 Å². The van der Waals surface area contributed by atoms with Gasteiger partial charge in [-0.1, -0.05) is 38.0 Å². The molecule has 1 heterocycles. The summed E-state index contributed by atoms with van der Waals surface area (Å²) in [7, 11) is 1.39. The molecule has 6 heteroatoms. The highest BCUT2D eigenvalue weighted by molar-refractivity contribution is 7.99. The number of carbonyl (C=O) groups excluding carboxylic acids is 1. The molecular weight excluding hydrogens is 422 g/mol. The molecule has 3 rings (SSSR count). The molecule has 2 atom stereocenters. The number of unbranched alkanes of at least 4 members (excludes halogenated alkanes) is 2. The fourth-order valence-electron chi connectivity index (χ4n) is 3.83. The Bertz CT molecular complexity index is 855. The maximum atomic E-state index is 11.6. The molecule has 2 aromatic carbocycles. The zero-order chi connectivity index (χ0) is 22.8. The van der Waals surface area contributed by atoms with E-state index in [1.165, 1.54) is 31.9 Å². The van der Waals surface area contributed by atoms with Gasteiger partial charge in [0.05, 0.1) is 18.8 Å². The van der Waals surface area contributed by atoms with Crippen molar-refractivity contribution in [3.63, 3.8) is 0 Å². The Morgan fingerprint density at radius 2 is 2.00 bits per heavy atom. The smallest absolute Gasteiger partial charge is 0.337 e. The predicted molar refractivity (Wildman–Crippen MR) is 132 cm³/mol. The Labute approximate surface area is 195 Å². The second-order valence-corrected chi connectivity index (χ2v) is 9.41. The molecule has 32 heavy (non-hydrogen) atoms. The SMILES string of the molecule is CCCCCSCC(O)CNCC1CCc2cc(-c3ccc(C(=O)OC)cc3)ccc2O1. The molecular formula is C26H35NO4S. The number of thioether (sulfide) groups is 1. The number of methoxy groups -OCH3 is 1. The molecule has 1 aliphatic rings. The van der Waals surface area contributed by atoms with Gasteiger partial charge in [0.25, 0.3) is 0 Å². The largest absolute Gasteiger partial charge is 0.489 e. The van der Waals surface area contributed by atoms with E-state index in [0.717, 1.165) is 47.8 Å². The van der Waals surface area contributed by atoms with Gasteiger partial charge in [-0.05, 0) is 66.0 Å². The molecule has 0 saturated heterocycles. The van der Waals surface area contributed by atoms with Crippen LogP contribution in [0, 0.1) is 0 Å². The van der Waals surface area contributed by atoms with Crippen LogP contribution in [0.2, 0.25) is 0 Å². The van der Waals surface area contributed by atoms with Crippen LogP contribution >= 0.6 is 11.8 Å². The van der Waals surface area contributed by atoms with Crippen molar-refractivity contribution in [3.05, 3.63) is 53.6 Å². The van der Waals surface area contributed by atoms with Crippen LogP contribution in [-0.4, -0.2) is 55.0 Å². The van der Waals surface area contributed by atoms with E-state index < -0.39 is 0 Å². The van der Waals surface area contributed by atoms with Gasteiger partial charge in [0.15, 0.2) is 0 Å². The van der Waals surface area contributed by atoms with Gasteiger partial charge in [-0.3, -0.25) is 0 Å². The standard InChI is InChI=1S/C26H35NO4S/c1-3-4-5-14-32-18-23(28)16-27-17-24-12-10-22-15-21(11-13-25(22)31-24)19-6-8-20(9-7-19)26(29)30-2/h6-9,11,13,15,23-24,27-28H,3-5,10,12,14,16-18H2,1-2H3. The zero-order valence-corrected chi connectivity index (χ0v) is 20.0. The summed E-state index contributed by atoms with van der Waals surface area (Å²) in [6.45, 7) is 3.56. The Morgan fingerprint density at radius 1 is 1.22 bits per heavy atom. The third kappa shape index (κ3) is 7.26. The minimum absolute atomic E-state index is 0.122. The molecule has 0 amide bonds. The molecule has 0 fully saturated rings. The number of rotatable bonds is 12. The van der Waals surface area contributed by atoms with Crippen molar-refractivity contribution in [2.24, 2.45) is 0 Å². The first-order valence-corrected chi connectivity index (χ1v) is 12.7. The number of ether oxygens (including phenoxy) is 2. The van der Waals surface area contributed by atoms with E-state index in [4.69, 9.17) is 9.47 Å². The zero-order valence-electron chi connectivity index (χ0n) is 19.1. The Kier molecular flexibility index (Phi) is 9.90. The lowest BCUT2D eigenvalue weighted by Gasteiger charge is -2.27. The molecule has 174 valence electrons. The van der Waals surface area contributed by atoms with Crippen LogP contribution in [0.15, 0.2) is 42.5 Å². The van der Waals surface area contributed by atoms with Crippen LogP contribution in [0.1, 0.15) is 48.5 Å². The van der Waals surface area contributed by atoms with Gasteiger partial charge in [-0.15, -0.1) is 0 Å². The number of nitrogens with one attached hydrogen (secondary N) is 1. The number of hydrogen-bond acceptors (Lipinski definition) is 6. The summed E-state index contributed by atoms with van der Waals surface area (Å²) >= 11 is 1.84. The van der Waals surface area contributed by atoms with Crippen LogP contribution in [0.3, 0.4) is 0 Å². The molecule has 0 aromatic heterocycles. The van der Waals surface area contributed by atoms with E-state index in [0.29, 0.717) is 12.1 Å². The van der Waals surface area contributed by atoms with E-state index in [-0.39, 0.29) is 18.2 Å². The van der Waals surface area contributed by atoms with Gasteiger partial charge in [-0.25, -0.2) is 4.79 Å². The van der Waals surface area contributed by atoms with Crippen LogP contribution in [0.4, 0.5) is 0 Å². The molecule has 1 aliphatic heterocycles. The van der Waals surface area contributed by atoms with Gasteiger partial charge in [0, 0.05) is 18.8 Å². The molecule has 0 saturated carbocycles. The molecule has 0 spiro atoms. The molecule has 0 bridgehead atoms. The van der Waals surface area contributed by atoms with Crippen molar-refractivity contribution < 1.29 is 19.4 Å². The molecule has 5 nitrogen and oxygen atoms in total. The number of aliphatic hydroxyl groups is 1. The summed E-state index contributed by atoms with van der Waals surface area (Å²) in [5, 5.41) is 13.5. The van der Waals surface area contributed by atoms with Crippen LogP contribution in [0.25, 0.3) is 11.1 Å². The fraction of sp³-hybridized carbons (Fsp3) is 0.500. The van der Waals surface area contributed by atoms with Gasteiger partial charge in [-0.2, -0.15) is 11.8 Å². The minimum Gasteiger partial charge on any atom is -0.489 e. The Balaban J connectivity index is 1.45. The summed E-state index contributed by atoms with van der Waals surface area (Å²) in [6.07, 6.45) is 5.46. The van der Waals surface area contributed by atoms with Crippen LogP contribution in [-0.2, 0) is 11.2 Å². The highest BCUT2D eigenvalue weighted by atomic mass is 32.2. The van der Waals surface area contributed by atoms with Crippen LogP contribution in [0.5, 0.6) is 5.75 Å². The first-order chi connectivity index (χ1) is 15.6. The molecule has 2 aromatic rings.